The van der Waals surface area contributed by atoms with Crippen LogP contribution >= 0.6 is 0 Å². The molecule has 0 saturated heterocycles. The van der Waals surface area contributed by atoms with Crippen molar-refractivity contribution < 1.29 is 41.1 Å². The van der Waals surface area contributed by atoms with Crippen molar-refractivity contribution in [2.75, 3.05) is 6.61 Å². The number of hydrogen-bond donors (Lipinski definition) is 1. The van der Waals surface area contributed by atoms with E-state index in [1.165, 1.54) is 24.3 Å². The average Bonchev–Trinajstić information content (AvgIpc) is 3.29. The summed E-state index contributed by atoms with van der Waals surface area (Å²) in [6, 6.07) is 9.87. The lowest BCUT2D eigenvalue weighted by molar-refractivity contribution is -0.266. The molecule has 1 N–H and O–H groups in total. The molecule has 0 spiro atoms. The zero-order valence-corrected chi connectivity index (χ0v) is 20.6. The fourth-order valence-electron chi connectivity index (χ4n) is 3.89. The second-order valence-corrected chi connectivity index (χ2v) is 8.64. The lowest BCUT2D eigenvalue weighted by Crippen LogP contribution is -2.46. The van der Waals surface area contributed by atoms with E-state index in [0.717, 1.165) is 11.6 Å². The predicted molar refractivity (Wildman–Crippen MR) is 131 cm³/mol. The number of carboxylic acid groups (broad SMARTS) is 1. The van der Waals surface area contributed by atoms with Gasteiger partial charge in [0.15, 0.2) is 11.6 Å². The van der Waals surface area contributed by atoms with Gasteiger partial charge in [-0.25, -0.2) is 13.8 Å². The van der Waals surface area contributed by atoms with Crippen molar-refractivity contribution in [1.82, 2.24) is 10.1 Å². The largest absolute Gasteiger partial charge is 0.493 e. The highest BCUT2D eigenvalue weighted by atomic mass is 19.3. The summed E-state index contributed by atoms with van der Waals surface area (Å²) in [7, 11) is 0. The van der Waals surface area contributed by atoms with E-state index in [9.17, 15) is 31.9 Å². The van der Waals surface area contributed by atoms with Crippen molar-refractivity contribution in [2.45, 2.75) is 31.9 Å². The predicted octanol–water partition coefficient (Wildman–Crippen LogP) is 6.48. The summed E-state index contributed by atoms with van der Waals surface area (Å²) in [5.41, 5.74) is 0.146. The van der Waals surface area contributed by atoms with Crippen LogP contribution in [-0.4, -0.2) is 33.8 Å². The van der Waals surface area contributed by atoms with Crippen LogP contribution in [-0.2, 0) is 23.7 Å². The lowest BCUT2D eigenvalue weighted by Gasteiger charge is -2.28. The first-order valence-corrected chi connectivity index (χ1v) is 11.8. The van der Waals surface area contributed by atoms with E-state index in [2.05, 4.69) is 4.98 Å². The number of carbonyl (C=O) groups is 1. The molecule has 0 amide bonds. The van der Waals surface area contributed by atoms with Gasteiger partial charge in [-0.3, -0.25) is 4.79 Å². The van der Waals surface area contributed by atoms with E-state index in [1.807, 2.05) is 30.3 Å². The van der Waals surface area contributed by atoms with Gasteiger partial charge in [0.2, 0.25) is 5.89 Å². The molecule has 0 aliphatic heterocycles. The molecule has 204 valence electrons. The average molecular weight is 546 g/mol. The highest BCUT2D eigenvalue weighted by molar-refractivity contribution is 5.74. The number of aryl methyl sites for hydroxylation is 1. The molecule has 0 radical (unpaired) electrons. The van der Waals surface area contributed by atoms with E-state index in [4.69, 9.17) is 9.15 Å². The number of ether oxygens (including phenoxy) is 1. The zero-order chi connectivity index (χ0) is 28.2. The molecular weight excluding hydrogens is 523 g/mol. The Morgan fingerprint density at radius 2 is 1.74 bits per heavy atom. The number of benzene rings is 3. The Bertz CT molecular complexity index is 1430. The Balaban J connectivity index is 1.38. The van der Waals surface area contributed by atoms with Gasteiger partial charge in [-0.2, -0.15) is 8.78 Å². The fourth-order valence-corrected chi connectivity index (χ4v) is 3.89. The van der Waals surface area contributed by atoms with Crippen molar-refractivity contribution in [2.24, 2.45) is 0 Å². The van der Waals surface area contributed by atoms with Gasteiger partial charge < -0.3 is 14.3 Å². The summed E-state index contributed by atoms with van der Waals surface area (Å²) < 4.78 is 82.7. The molecule has 0 aliphatic rings. The minimum Gasteiger partial charge on any atom is -0.493 e. The van der Waals surface area contributed by atoms with Crippen LogP contribution in [0.25, 0.3) is 11.5 Å². The standard InChI is InChI=1S/C28H23F5N2O4/c1-17-23(34-26(39-17)19-6-3-2-4-7-19)14-15-38-20-12-10-18(11-13-20)16-24(27(36)37)35(33)28(31,32)21-8-5-9-22(29)25(21)30/h2-13,24H,14-16H2,1H3,(H,36,37)/t24-/m0/s1. The monoisotopic (exact) mass is 546 g/mol. The number of rotatable bonds is 11. The Kier molecular flexibility index (Phi) is 8.29. The van der Waals surface area contributed by atoms with Gasteiger partial charge in [-0.15, -0.1) is 4.48 Å². The second kappa shape index (κ2) is 11.6. The number of hydrogen-bond acceptors (Lipinski definition) is 5. The zero-order valence-electron chi connectivity index (χ0n) is 20.6. The van der Waals surface area contributed by atoms with Crippen molar-refractivity contribution in [1.29, 1.82) is 0 Å². The molecule has 3 aromatic carbocycles. The highest BCUT2D eigenvalue weighted by Crippen LogP contribution is 2.37. The van der Waals surface area contributed by atoms with Gasteiger partial charge in [0.25, 0.3) is 0 Å². The molecule has 0 bridgehead atoms. The molecule has 11 heteroatoms. The van der Waals surface area contributed by atoms with Gasteiger partial charge in [0.1, 0.15) is 17.6 Å². The first kappa shape index (κ1) is 27.8. The summed E-state index contributed by atoms with van der Waals surface area (Å²) in [5.74, 6) is -3.94. The molecule has 4 rings (SSSR count). The number of alkyl halides is 2. The maximum absolute atomic E-state index is 14.7. The van der Waals surface area contributed by atoms with E-state index >= 15 is 0 Å². The highest BCUT2D eigenvalue weighted by Gasteiger charge is 2.49. The summed E-state index contributed by atoms with van der Waals surface area (Å²) in [6.45, 7) is 2.03. The normalized spacial score (nSPS) is 12.5. The van der Waals surface area contributed by atoms with E-state index in [0.29, 0.717) is 41.6 Å². The molecule has 0 saturated carbocycles. The molecule has 0 unspecified atom stereocenters. The Hall–Kier alpha value is -4.25. The smallest absolute Gasteiger partial charge is 0.360 e. The van der Waals surface area contributed by atoms with Gasteiger partial charge in [-0.1, -0.05) is 41.5 Å². The third-order valence-electron chi connectivity index (χ3n) is 5.98. The number of aromatic nitrogens is 1. The second-order valence-electron chi connectivity index (χ2n) is 8.64. The number of halogens is 5. The topological polar surface area (TPSA) is 75.8 Å². The third-order valence-corrected chi connectivity index (χ3v) is 5.98. The van der Waals surface area contributed by atoms with E-state index in [-0.39, 0.29) is 12.2 Å². The van der Waals surface area contributed by atoms with Crippen LogP contribution in [0.2, 0.25) is 0 Å². The van der Waals surface area contributed by atoms with E-state index < -0.39 is 46.8 Å². The molecular formula is C28H23F5N2O4. The number of oxazole rings is 1. The first-order valence-electron chi connectivity index (χ1n) is 11.8. The molecule has 4 aromatic rings. The SMILES string of the molecule is Cc1oc(-c2ccccc2)nc1CCOc1ccc(C[C@@H](C(=O)O)N(F)C(F)(F)c2cccc(F)c2F)cc1. The lowest BCUT2D eigenvalue weighted by atomic mass is 10.0. The molecule has 0 aliphatic carbocycles. The Morgan fingerprint density at radius 3 is 2.41 bits per heavy atom. The van der Waals surface area contributed by atoms with Crippen molar-refractivity contribution in [3.05, 3.63) is 107 Å². The van der Waals surface area contributed by atoms with Gasteiger partial charge in [0, 0.05) is 18.4 Å². The van der Waals surface area contributed by atoms with Crippen molar-refractivity contribution in [3.8, 4) is 17.2 Å². The number of aliphatic carboxylic acids is 1. The summed E-state index contributed by atoms with van der Waals surface area (Å²) in [6.07, 6.45) is -0.243. The van der Waals surface area contributed by atoms with Crippen LogP contribution in [0.1, 0.15) is 22.6 Å². The minimum atomic E-state index is -4.74. The summed E-state index contributed by atoms with van der Waals surface area (Å²) in [5, 5.41) is 8.12. The number of carboxylic acids is 1. The summed E-state index contributed by atoms with van der Waals surface area (Å²) >= 11 is 0. The van der Waals surface area contributed by atoms with Crippen LogP contribution < -0.4 is 4.74 Å². The van der Waals surface area contributed by atoms with Crippen LogP contribution in [0.4, 0.5) is 22.0 Å². The molecule has 0 fully saturated rings. The first-order chi connectivity index (χ1) is 18.6. The van der Waals surface area contributed by atoms with Crippen molar-refractivity contribution >= 4 is 5.97 Å². The molecule has 39 heavy (non-hydrogen) atoms. The molecule has 1 atom stereocenters. The maximum atomic E-state index is 14.7. The molecule has 6 nitrogen and oxygen atoms in total. The molecule has 1 aromatic heterocycles. The fraction of sp³-hybridized carbons (Fsp3) is 0.214. The third kappa shape index (κ3) is 6.26. The van der Waals surface area contributed by atoms with Crippen LogP contribution in [0.5, 0.6) is 5.75 Å². The quantitative estimate of drug-likeness (QED) is 0.132. The Morgan fingerprint density at radius 1 is 1.05 bits per heavy atom. The molecule has 1 heterocycles. The van der Waals surface area contributed by atoms with Crippen molar-refractivity contribution in [3.63, 3.8) is 0 Å². The van der Waals surface area contributed by atoms with Gasteiger partial charge in [0.05, 0.1) is 17.9 Å². The van der Waals surface area contributed by atoms with Gasteiger partial charge >= 0.3 is 12.0 Å². The minimum absolute atomic E-state index is 0.202. The van der Waals surface area contributed by atoms with Crippen LogP contribution in [0.15, 0.2) is 77.2 Å². The maximum Gasteiger partial charge on any atom is 0.360 e. The van der Waals surface area contributed by atoms with E-state index in [1.54, 1.807) is 6.92 Å². The van der Waals surface area contributed by atoms with Crippen LogP contribution in [0.3, 0.4) is 0 Å². The Labute approximate surface area is 220 Å². The van der Waals surface area contributed by atoms with Gasteiger partial charge in [-0.05, 0) is 48.9 Å². The number of nitrogens with zero attached hydrogens (tertiary/aromatic N) is 2. The summed E-state index contributed by atoms with van der Waals surface area (Å²) in [4.78, 5) is 16.1. The van der Waals surface area contributed by atoms with Crippen LogP contribution in [0, 0.1) is 18.6 Å².